The zero-order valence-electron chi connectivity index (χ0n) is 14.1. The molecule has 3 rings (SSSR count). The number of aromatic amines is 1. The fraction of sp³-hybridized carbons (Fsp3) is 0.111. The van der Waals surface area contributed by atoms with Crippen molar-refractivity contribution in [2.24, 2.45) is 0 Å². The van der Waals surface area contributed by atoms with Crippen molar-refractivity contribution in [2.75, 3.05) is 12.3 Å². The summed E-state index contributed by atoms with van der Waals surface area (Å²) in [5.41, 5.74) is 5.90. The Kier molecular flexibility index (Phi) is 4.83. The molecule has 0 spiro atoms. The van der Waals surface area contributed by atoms with Crippen molar-refractivity contribution < 1.29 is 19.2 Å². The predicted octanol–water partition coefficient (Wildman–Crippen LogP) is 3.72. The number of nitro benzene ring substituents is 1. The Morgan fingerprint density at radius 3 is 2.67 bits per heavy atom. The molecular weight excluding hydrogens is 374 g/mol. The zero-order valence-corrected chi connectivity index (χ0v) is 14.9. The largest absolute Gasteiger partial charge is 0.462 e. The highest BCUT2D eigenvalue weighted by Crippen LogP contribution is 2.35. The molecule has 8 nitrogen and oxygen atoms in total. The van der Waals surface area contributed by atoms with Crippen LogP contribution >= 0.6 is 11.6 Å². The minimum Gasteiger partial charge on any atom is -0.462 e. The van der Waals surface area contributed by atoms with E-state index in [1.165, 1.54) is 12.1 Å². The minimum absolute atomic E-state index is 0.0123. The van der Waals surface area contributed by atoms with Crippen LogP contribution in [0.3, 0.4) is 0 Å². The lowest BCUT2D eigenvalue weighted by Gasteiger charge is -2.05. The molecule has 27 heavy (non-hydrogen) atoms. The van der Waals surface area contributed by atoms with Gasteiger partial charge in [-0.15, -0.1) is 0 Å². The van der Waals surface area contributed by atoms with Crippen molar-refractivity contribution in [2.45, 2.75) is 6.92 Å². The third-order valence-electron chi connectivity index (χ3n) is 3.97. The summed E-state index contributed by atoms with van der Waals surface area (Å²) >= 11 is 5.92. The van der Waals surface area contributed by atoms with Crippen LogP contribution in [-0.2, 0) is 4.74 Å². The first-order valence-corrected chi connectivity index (χ1v) is 8.28. The fourth-order valence-corrected chi connectivity index (χ4v) is 3.01. The van der Waals surface area contributed by atoms with Crippen molar-refractivity contribution in [3.8, 4) is 0 Å². The molecule has 9 heteroatoms. The number of nitrogens with one attached hydrogen (secondary N) is 1. The number of halogens is 1. The molecule has 0 aliphatic rings. The molecule has 0 aliphatic heterocycles. The van der Waals surface area contributed by atoms with Gasteiger partial charge in [0.1, 0.15) is 11.3 Å². The first-order chi connectivity index (χ1) is 12.8. The lowest BCUT2D eigenvalue weighted by atomic mass is 10.0. The summed E-state index contributed by atoms with van der Waals surface area (Å²) in [7, 11) is 0. The number of ether oxygens (including phenoxy) is 1. The van der Waals surface area contributed by atoms with Crippen LogP contribution in [0.15, 0.2) is 36.4 Å². The van der Waals surface area contributed by atoms with E-state index in [1.807, 2.05) is 0 Å². The maximum Gasteiger partial charge on any atom is 0.345 e. The number of benzene rings is 2. The van der Waals surface area contributed by atoms with Gasteiger partial charge in [-0.2, -0.15) is 0 Å². The molecule has 0 saturated heterocycles. The van der Waals surface area contributed by atoms with E-state index >= 15 is 0 Å². The van der Waals surface area contributed by atoms with Gasteiger partial charge in [0.2, 0.25) is 5.78 Å². The maximum atomic E-state index is 12.8. The second-order valence-electron chi connectivity index (χ2n) is 5.61. The molecule has 1 aromatic heterocycles. The summed E-state index contributed by atoms with van der Waals surface area (Å²) < 4.78 is 4.94. The van der Waals surface area contributed by atoms with Gasteiger partial charge in [0.25, 0.3) is 5.69 Å². The second-order valence-corrected chi connectivity index (χ2v) is 6.05. The van der Waals surface area contributed by atoms with Gasteiger partial charge in [0.05, 0.1) is 17.2 Å². The van der Waals surface area contributed by atoms with Gasteiger partial charge < -0.3 is 15.5 Å². The summed E-state index contributed by atoms with van der Waals surface area (Å²) in [5.74, 6) is -1.34. The average Bonchev–Trinajstić information content (AvgIpc) is 2.97. The van der Waals surface area contributed by atoms with Crippen molar-refractivity contribution in [3.63, 3.8) is 0 Å². The van der Waals surface area contributed by atoms with Gasteiger partial charge in [-0.3, -0.25) is 14.9 Å². The van der Waals surface area contributed by atoms with Gasteiger partial charge in [-0.25, -0.2) is 4.79 Å². The topological polar surface area (TPSA) is 128 Å². The molecule has 0 radical (unpaired) electrons. The van der Waals surface area contributed by atoms with E-state index in [9.17, 15) is 19.7 Å². The third kappa shape index (κ3) is 3.22. The number of aromatic nitrogens is 1. The van der Waals surface area contributed by atoms with E-state index in [0.29, 0.717) is 10.5 Å². The Morgan fingerprint density at radius 1 is 1.30 bits per heavy atom. The lowest BCUT2D eigenvalue weighted by molar-refractivity contribution is -0.385. The summed E-state index contributed by atoms with van der Waals surface area (Å²) in [6.07, 6.45) is 0. The Balaban J connectivity index is 2.25. The Labute approximate surface area is 158 Å². The molecule has 3 N–H and O–H groups in total. The molecule has 0 aliphatic carbocycles. The average molecular weight is 388 g/mol. The van der Waals surface area contributed by atoms with Crippen LogP contribution in [-0.4, -0.2) is 28.3 Å². The normalized spacial score (nSPS) is 10.7. The number of nitrogens with two attached hydrogens (primary N) is 1. The summed E-state index contributed by atoms with van der Waals surface area (Å²) in [4.78, 5) is 38.6. The fourth-order valence-electron chi connectivity index (χ4n) is 2.82. The van der Waals surface area contributed by atoms with Crippen LogP contribution in [0.1, 0.15) is 33.3 Å². The highest BCUT2D eigenvalue weighted by molar-refractivity contribution is 6.31. The molecule has 0 saturated carbocycles. The number of hydrogen-bond acceptors (Lipinski definition) is 6. The van der Waals surface area contributed by atoms with Gasteiger partial charge in [-0.05, 0) is 25.1 Å². The van der Waals surface area contributed by atoms with E-state index in [1.54, 1.807) is 25.1 Å². The predicted molar refractivity (Wildman–Crippen MR) is 100 cm³/mol. The SMILES string of the molecule is CCOC(=O)c1c([N+](=O)[O-])ccc2[nH]c(C(=O)c3cccc(Cl)c3)c(N)c12. The number of nitrogen functional groups attached to an aromatic ring is 1. The van der Waals surface area contributed by atoms with Crippen LogP contribution in [0, 0.1) is 10.1 Å². The van der Waals surface area contributed by atoms with Crippen molar-refractivity contribution in [1.29, 1.82) is 0 Å². The van der Waals surface area contributed by atoms with Crippen molar-refractivity contribution in [3.05, 3.63) is 68.4 Å². The van der Waals surface area contributed by atoms with Gasteiger partial charge in [0.15, 0.2) is 0 Å². The summed E-state index contributed by atoms with van der Waals surface area (Å²) in [6.45, 7) is 1.61. The van der Waals surface area contributed by atoms with E-state index < -0.39 is 22.4 Å². The number of H-pyrrole nitrogens is 1. The number of rotatable bonds is 5. The Hall–Kier alpha value is -3.39. The summed E-state index contributed by atoms with van der Waals surface area (Å²) in [6, 6.07) is 8.83. The number of nitrogens with zero attached hydrogens (tertiary/aromatic N) is 1. The van der Waals surface area contributed by atoms with E-state index in [0.717, 1.165) is 6.07 Å². The van der Waals surface area contributed by atoms with E-state index in [2.05, 4.69) is 4.98 Å². The van der Waals surface area contributed by atoms with Crippen LogP contribution < -0.4 is 5.73 Å². The Morgan fingerprint density at radius 2 is 2.04 bits per heavy atom. The van der Waals surface area contributed by atoms with Crippen molar-refractivity contribution in [1.82, 2.24) is 4.98 Å². The molecule has 2 aromatic carbocycles. The molecular formula is C18H14ClN3O5. The monoisotopic (exact) mass is 387 g/mol. The third-order valence-corrected chi connectivity index (χ3v) is 4.21. The van der Waals surface area contributed by atoms with Crippen LogP contribution in [0.5, 0.6) is 0 Å². The summed E-state index contributed by atoms with van der Waals surface area (Å²) in [5, 5.41) is 11.8. The van der Waals surface area contributed by atoms with E-state index in [4.69, 9.17) is 22.1 Å². The standard InChI is InChI=1S/C18H14ClN3O5/c1-2-27-18(24)14-12(22(25)26)7-6-11-13(14)15(20)16(21-11)17(23)9-4-3-5-10(19)8-9/h3-8,21H,2,20H2,1H3. The highest BCUT2D eigenvalue weighted by Gasteiger charge is 2.29. The van der Waals surface area contributed by atoms with Gasteiger partial charge in [-0.1, -0.05) is 23.7 Å². The van der Waals surface area contributed by atoms with Crippen LogP contribution in [0.4, 0.5) is 11.4 Å². The molecule has 0 atom stereocenters. The quantitative estimate of drug-likeness (QED) is 0.297. The molecule has 1 heterocycles. The van der Waals surface area contributed by atoms with Crippen molar-refractivity contribution >= 4 is 45.6 Å². The molecule has 3 aromatic rings. The number of carbonyl (C=O) groups is 2. The minimum atomic E-state index is -0.887. The van der Waals surface area contributed by atoms with Gasteiger partial charge in [0, 0.05) is 27.6 Å². The molecule has 0 bridgehead atoms. The number of esters is 1. The first-order valence-electron chi connectivity index (χ1n) is 7.91. The number of ketones is 1. The molecule has 0 unspecified atom stereocenters. The molecule has 138 valence electrons. The number of nitro groups is 1. The second kappa shape index (κ2) is 7.08. The highest BCUT2D eigenvalue weighted by atomic mass is 35.5. The smallest absolute Gasteiger partial charge is 0.345 e. The number of carbonyl (C=O) groups excluding carboxylic acids is 2. The Bertz CT molecular complexity index is 1090. The molecule has 0 fully saturated rings. The van der Waals surface area contributed by atoms with Crippen LogP contribution in [0.2, 0.25) is 5.02 Å². The maximum absolute atomic E-state index is 12.8. The number of anilines is 1. The van der Waals surface area contributed by atoms with Crippen LogP contribution in [0.25, 0.3) is 10.9 Å². The van der Waals surface area contributed by atoms with E-state index in [-0.39, 0.29) is 34.5 Å². The first kappa shape index (κ1) is 18.4. The lowest BCUT2D eigenvalue weighted by Crippen LogP contribution is -2.09. The number of hydrogen-bond donors (Lipinski definition) is 2. The van der Waals surface area contributed by atoms with Gasteiger partial charge >= 0.3 is 5.97 Å². The number of fused-ring (bicyclic) bond motifs is 1. The molecule has 0 amide bonds. The zero-order chi connectivity index (χ0) is 19.7.